The summed E-state index contributed by atoms with van der Waals surface area (Å²) in [5, 5.41) is 3.32. The molecule has 4 nitrogen and oxygen atoms in total. The second kappa shape index (κ2) is 14.2. The third kappa shape index (κ3) is 8.49. The monoisotopic (exact) mass is 528 g/mol. The predicted molar refractivity (Wildman–Crippen MR) is 158 cm³/mol. The third-order valence-electron chi connectivity index (χ3n) is 7.23. The van der Waals surface area contributed by atoms with Gasteiger partial charge in [-0.2, -0.15) is 0 Å². The summed E-state index contributed by atoms with van der Waals surface area (Å²) in [6, 6.07) is 26.3. The van der Waals surface area contributed by atoms with Gasteiger partial charge in [0.2, 0.25) is 11.8 Å². The second-order valence-corrected chi connectivity index (χ2v) is 11.5. The maximum absolute atomic E-state index is 13.8. The van der Waals surface area contributed by atoms with Crippen LogP contribution in [0.1, 0.15) is 59.9 Å². The highest BCUT2D eigenvalue weighted by atomic mass is 32.2. The first-order chi connectivity index (χ1) is 18.5. The summed E-state index contributed by atoms with van der Waals surface area (Å²) in [7, 11) is 0. The van der Waals surface area contributed by atoms with Gasteiger partial charge in [0.1, 0.15) is 6.04 Å². The van der Waals surface area contributed by atoms with E-state index in [1.165, 1.54) is 17.5 Å². The van der Waals surface area contributed by atoms with Crippen LogP contribution in [0.3, 0.4) is 0 Å². The van der Waals surface area contributed by atoms with Crippen LogP contribution in [0.2, 0.25) is 0 Å². The van der Waals surface area contributed by atoms with Crippen molar-refractivity contribution in [3.8, 4) is 0 Å². The largest absolute Gasteiger partial charge is 0.352 e. The smallest absolute Gasteiger partial charge is 0.243 e. The lowest BCUT2D eigenvalue weighted by Gasteiger charge is -2.33. The fourth-order valence-electron chi connectivity index (χ4n) is 5.25. The zero-order chi connectivity index (χ0) is 26.7. The average molecular weight is 529 g/mol. The van der Waals surface area contributed by atoms with Crippen molar-refractivity contribution in [2.24, 2.45) is 0 Å². The van der Waals surface area contributed by atoms with Gasteiger partial charge in [0.05, 0.1) is 5.75 Å². The minimum Gasteiger partial charge on any atom is -0.352 e. The molecular formula is C33H40N2O2S. The summed E-state index contributed by atoms with van der Waals surface area (Å²) < 4.78 is 0. The summed E-state index contributed by atoms with van der Waals surface area (Å²) in [4.78, 5) is 29.5. The lowest BCUT2D eigenvalue weighted by molar-refractivity contribution is -0.139. The van der Waals surface area contributed by atoms with Gasteiger partial charge in [-0.05, 0) is 43.4 Å². The molecule has 1 N–H and O–H groups in total. The molecule has 3 aromatic carbocycles. The van der Waals surface area contributed by atoms with Crippen LogP contribution >= 0.6 is 11.8 Å². The molecule has 200 valence electrons. The molecule has 1 fully saturated rings. The number of nitrogens with zero attached hydrogens (tertiary/aromatic N) is 1. The highest BCUT2D eigenvalue weighted by Crippen LogP contribution is 2.21. The van der Waals surface area contributed by atoms with Crippen molar-refractivity contribution in [2.75, 3.05) is 5.75 Å². The van der Waals surface area contributed by atoms with Crippen LogP contribution in [0.4, 0.5) is 0 Å². The molecule has 1 atom stereocenters. The van der Waals surface area contributed by atoms with Crippen LogP contribution in [-0.4, -0.2) is 34.6 Å². The van der Waals surface area contributed by atoms with E-state index in [9.17, 15) is 9.59 Å². The molecule has 1 aliphatic rings. The lowest BCUT2D eigenvalue weighted by atomic mass is 9.94. The molecule has 1 aliphatic carbocycles. The molecular weight excluding hydrogens is 488 g/mol. The van der Waals surface area contributed by atoms with Gasteiger partial charge in [-0.15, -0.1) is 11.8 Å². The number of amides is 2. The van der Waals surface area contributed by atoms with Crippen LogP contribution in [0, 0.1) is 13.8 Å². The Labute approximate surface area is 232 Å². The average Bonchev–Trinajstić information content (AvgIpc) is 2.92. The molecule has 0 spiro atoms. The van der Waals surface area contributed by atoms with Gasteiger partial charge in [0, 0.05) is 24.8 Å². The molecule has 0 aromatic heterocycles. The van der Waals surface area contributed by atoms with E-state index in [1.54, 1.807) is 11.8 Å². The minimum absolute atomic E-state index is 0.00360. The number of carbonyl (C=O) groups excluding carboxylic acids is 2. The molecule has 2 amide bonds. The topological polar surface area (TPSA) is 49.4 Å². The van der Waals surface area contributed by atoms with E-state index in [0.29, 0.717) is 18.7 Å². The number of aryl methyl sites for hydroxylation is 2. The Bertz CT molecular complexity index is 1190. The van der Waals surface area contributed by atoms with Crippen molar-refractivity contribution in [1.82, 2.24) is 10.2 Å². The molecule has 0 bridgehead atoms. The van der Waals surface area contributed by atoms with Crippen molar-refractivity contribution in [2.45, 2.75) is 76.8 Å². The first-order valence-corrected chi connectivity index (χ1v) is 15.0. The quantitative estimate of drug-likeness (QED) is 0.304. The van der Waals surface area contributed by atoms with Gasteiger partial charge >= 0.3 is 0 Å². The maximum Gasteiger partial charge on any atom is 0.243 e. The van der Waals surface area contributed by atoms with Crippen LogP contribution < -0.4 is 5.32 Å². The van der Waals surface area contributed by atoms with E-state index in [2.05, 4.69) is 55.6 Å². The summed E-state index contributed by atoms with van der Waals surface area (Å²) in [5.74, 6) is 1.07. The van der Waals surface area contributed by atoms with Crippen LogP contribution in [0.15, 0.2) is 78.9 Å². The van der Waals surface area contributed by atoms with Gasteiger partial charge in [0.25, 0.3) is 0 Å². The lowest BCUT2D eigenvalue weighted by Crippen LogP contribution is -2.53. The van der Waals surface area contributed by atoms with Gasteiger partial charge < -0.3 is 10.2 Å². The fraction of sp³-hybridized carbons (Fsp3) is 0.394. The van der Waals surface area contributed by atoms with Crippen molar-refractivity contribution in [3.05, 3.63) is 107 Å². The zero-order valence-electron chi connectivity index (χ0n) is 22.7. The van der Waals surface area contributed by atoms with Gasteiger partial charge in [-0.25, -0.2) is 0 Å². The number of hydrogen-bond acceptors (Lipinski definition) is 3. The maximum atomic E-state index is 13.8. The molecule has 1 saturated carbocycles. The number of benzene rings is 3. The zero-order valence-corrected chi connectivity index (χ0v) is 23.5. The number of carbonyl (C=O) groups is 2. The van der Waals surface area contributed by atoms with Gasteiger partial charge in [-0.3, -0.25) is 9.59 Å². The summed E-state index contributed by atoms with van der Waals surface area (Å²) in [6.45, 7) is 4.56. The number of rotatable bonds is 11. The highest BCUT2D eigenvalue weighted by Gasteiger charge is 2.31. The third-order valence-corrected chi connectivity index (χ3v) is 8.22. The van der Waals surface area contributed by atoms with Gasteiger partial charge in [0.15, 0.2) is 0 Å². The van der Waals surface area contributed by atoms with Gasteiger partial charge in [-0.1, -0.05) is 109 Å². The Morgan fingerprint density at radius 3 is 2.16 bits per heavy atom. The molecule has 0 radical (unpaired) electrons. The summed E-state index contributed by atoms with van der Waals surface area (Å²) in [5.41, 5.74) is 5.69. The number of thioether (sulfide) groups is 1. The van der Waals surface area contributed by atoms with E-state index in [4.69, 9.17) is 0 Å². The normalized spacial score (nSPS) is 14.6. The Kier molecular flexibility index (Phi) is 10.5. The minimum atomic E-state index is -0.563. The molecule has 3 aromatic rings. The number of nitrogens with one attached hydrogen (secondary N) is 1. The van der Waals surface area contributed by atoms with Crippen molar-refractivity contribution >= 4 is 23.6 Å². The summed E-state index contributed by atoms with van der Waals surface area (Å²) >= 11 is 1.61. The molecule has 0 heterocycles. The first-order valence-electron chi connectivity index (χ1n) is 13.8. The molecule has 5 heteroatoms. The van der Waals surface area contributed by atoms with Crippen LogP contribution in [-0.2, 0) is 28.3 Å². The molecule has 0 aliphatic heterocycles. The molecule has 38 heavy (non-hydrogen) atoms. The van der Waals surface area contributed by atoms with E-state index in [-0.39, 0.29) is 17.9 Å². The first kappa shape index (κ1) is 28.0. The summed E-state index contributed by atoms with van der Waals surface area (Å²) in [6.07, 6.45) is 6.06. The Hall–Kier alpha value is -3.05. The predicted octanol–water partition coefficient (Wildman–Crippen LogP) is 6.63. The fourth-order valence-corrected chi connectivity index (χ4v) is 6.10. The molecule has 0 unspecified atom stereocenters. The Morgan fingerprint density at radius 1 is 0.842 bits per heavy atom. The number of hydrogen-bond donors (Lipinski definition) is 1. The van der Waals surface area contributed by atoms with E-state index < -0.39 is 6.04 Å². The SMILES string of the molecule is Cc1cccc(CSCC(=O)N(Cc2cccc(C)c2)[C@@H](Cc2ccccc2)C(=O)NC2CCCCC2)c1. The second-order valence-electron chi connectivity index (χ2n) is 10.5. The standard InChI is InChI=1S/C33H40N2O2S/c1-25-11-9-15-28(19-25)22-35(32(36)24-38-23-29-16-10-12-26(2)20-29)31(21-27-13-5-3-6-14-27)33(37)34-30-17-7-4-8-18-30/h3,5-6,9-16,19-20,30-31H,4,7-8,17-18,21-24H2,1-2H3,(H,34,37)/t31-/m0/s1. The Balaban J connectivity index is 1.56. The van der Waals surface area contributed by atoms with Crippen LogP contribution in [0.5, 0.6) is 0 Å². The highest BCUT2D eigenvalue weighted by molar-refractivity contribution is 7.99. The van der Waals surface area contributed by atoms with E-state index in [1.807, 2.05) is 47.4 Å². The van der Waals surface area contributed by atoms with Crippen LogP contribution in [0.25, 0.3) is 0 Å². The van der Waals surface area contributed by atoms with E-state index in [0.717, 1.165) is 48.1 Å². The van der Waals surface area contributed by atoms with Crippen molar-refractivity contribution in [1.29, 1.82) is 0 Å². The molecule has 4 rings (SSSR count). The van der Waals surface area contributed by atoms with Crippen molar-refractivity contribution < 1.29 is 9.59 Å². The molecule has 0 saturated heterocycles. The Morgan fingerprint density at radius 2 is 1.47 bits per heavy atom. The van der Waals surface area contributed by atoms with E-state index >= 15 is 0 Å². The van der Waals surface area contributed by atoms with Crippen molar-refractivity contribution in [3.63, 3.8) is 0 Å².